The molecule has 0 spiro atoms. The molecule has 2 nitrogen and oxygen atoms in total. The number of aliphatic hydroxyl groups excluding tert-OH is 1. The lowest BCUT2D eigenvalue weighted by atomic mass is 10.0. The summed E-state index contributed by atoms with van der Waals surface area (Å²) in [6.45, 7) is 0. The van der Waals surface area contributed by atoms with E-state index in [1.54, 1.807) is 17.5 Å². The number of nitrogens with zero attached hydrogens (tertiary/aromatic N) is 1. The van der Waals surface area contributed by atoms with Gasteiger partial charge in [0.15, 0.2) is 0 Å². The Morgan fingerprint density at radius 2 is 2.25 bits per heavy atom. The Balaban J connectivity index is 1.78. The Kier molecular flexibility index (Phi) is 4.08. The lowest BCUT2D eigenvalue weighted by molar-refractivity contribution is 0.165. The van der Waals surface area contributed by atoms with Crippen LogP contribution in [0, 0.1) is 0 Å². The summed E-state index contributed by atoms with van der Waals surface area (Å²) in [6.07, 6.45) is 5.74. The number of aromatic nitrogens is 1. The van der Waals surface area contributed by atoms with E-state index in [4.69, 9.17) is 0 Å². The van der Waals surface area contributed by atoms with Crippen LogP contribution in [0.15, 0.2) is 41.4 Å². The van der Waals surface area contributed by atoms with Crippen LogP contribution in [0.2, 0.25) is 0 Å². The van der Waals surface area contributed by atoms with Crippen molar-refractivity contribution in [2.24, 2.45) is 0 Å². The molecular weight excluding hydrogens is 218 g/mol. The van der Waals surface area contributed by atoms with Gasteiger partial charge in [-0.2, -0.15) is 11.3 Å². The molecule has 16 heavy (non-hydrogen) atoms. The predicted molar refractivity (Wildman–Crippen MR) is 66.6 cm³/mol. The highest BCUT2D eigenvalue weighted by atomic mass is 32.1. The van der Waals surface area contributed by atoms with E-state index in [1.165, 1.54) is 5.56 Å². The van der Waals surface area contributed by atoms with E-state index in [1.807, 2.05) is 18.3 Å². The first-order valence-corrected chi connectivity index (χ1v) is 6.37. The van der Waals surface area contributed by atoms with Crippen LogP contribution in [-0.2, 0) is 12.8 Å². The van der Waals surface area contributed by atoms with Crippen molar-refractivity contribution in [2.45, 2.75) is 25.4 Å². The smallest absolute Gasteiger partial charge is 0.0584 e. The lowest BCUT2D eigenvalue weighted by Crippen LogP contribution is -2.11. The summed E-state index contributed by atoms with van der Waals surface area (Å²) in [4.78, 5) is 4.04. The zero-order valence-electron chi connectivity index (χ0n) is 9.04. The maximum Gasteiger partial charge on any atom is 0.0584 e. The zero-order chi connectivity index (χ0) is 11.2. The third-order valence-electron chi connectivity index (χ3n) is 2.54. The van der Waals surface area contributed by atoms with Gasteiger partial charge >= 0.3 is 0 Å². The molecule has 0 radical (unpaired) electrons. The molecule has 0 saturated carbocycles. The van der Waals surface area contributed by atoms with Gasteiger partial charge in [0.05, 0.1) is 6.10 Å². The van der Waals surface area contributed by atoms with Gasteiger partial charge in [0.2, 0.25) is 0 Å². The van der Waals surface area contributed by atoms with E-state index in [2.05, 4.69) is 21.8 Å². The second-order valence-corrected chi connectivity index (χ2v) is 4.67. The molecule has 3 heteroatoms. The minimum absolute atomic E-state index is 0.274. The Labute approximate surface area is 99.6 Å². The minimum Gasteiger partial charge on any atom is -0.393 e. The molecule has 1 N–H and O–H groups in total. The van der Waals surface area contributed by atoms with E-state index in [0.717, 1.165) is 18.4 Å². The highest BCUT2D eigenvalue weighted by Crippen LogP contribution is 2.11. The number of aryl methyl sites for hydroxylation is 1. The molecule has 1 atom stereocenters. The van der Waals surface area contributed by atoms with Crippen molar-refractivity contribution in [3.05, 3.63) is 52.5 Å². The highest BCUT2D eigenvalue weighted by molar-refractivity contribution is 7.07. The van der Waals surface area contributed by atoms with Crippen LogP contribution in [0.3, 0.4) is 0 Å². The summed E-state index contributed by atoms with van der Waals surface area (Å²) < 4.78 is 0. The van der Waals surface area contributed by atoms with Gasteiger partial charge in [0.25, 0.3) is 0 Å². The molecule has 2 aromatic rings. The van der Waals surface area contributed by atoms with E-state index >= 15 is 0 Å². The van der Waals surface area contributed by atoms with Gasteiger partial charge in [-0.15, -0.1) is 0 Å². The Bertz CT molecular complexity index is 399. The minimum atomic E-state index is -0.274. The van der Waals surface area contributed by atoms with Crippen LogP contribution in [0.5, 0.6) is 0 Å². The predicted octanol–water partition coefficient (Wildman–Crippen LogP) is 2.68. The zero-order valence-corrected chi connectivity index (χ0v) is 9.86. The third-order valence-corrected chi connectivity index (χ3v) is 3.27. The maximum atomic E-state index is 9.88. The van der Waals surface area contributed by atoms with Gasteiger partial charge in [0, 0.05) is 12.4 Å². The van der Waals surface area contributed by atoms with Gasteiger partial charge in [-0.05, 0) is 53.3 Å². The summed E-state index contributed by atoms with van der Waals surface area (Å²) in [5.74, 6) is 0. The summed E-state index contributed by atoms with van der Waals surface area (Å²) >= 11 is 1.70. The van der Waals surface area contributed by atoms with E-state index < -0.39 is 0 Å². The molecule has 2 heterocycles. The van der Waals surface area contributed by atoms with E-state index in [0.29, 0.717) is 6.42 Å². The highest BCUT2D eigenvalue weighted by Gasteiger charge is 2.06. The first kappa shape index (κ1) is 11.3. The fourth-order valence-electron chi connectivity index (χ4n) is 1.66. The fourth-order valence-corrected chi connectivity index (χ4v) is 2.36. The van der Waals surface area contributed by atoms with Crippen LogP contribution in [0.4, 0.5) is 0 Å². The van der Waals surface area contributed by atoms with Gasteiger partial charge in [-0.1, -0.05) is 6.07 Å². The van der Waals surface area contributed by atoms with Crippen molar-refractivity contribution >= 4 is 11.3 Å². The second kappa shape index (κ2) is 5.77. The topological polar surface area (TPSA) is 33.1 Å². The van der Waals surface area contributed by atoms with Crippen molar-refractivity contribution in [1.82, 2.24) is 4.98 Å². The van der Waals surface area contributed by atoms with Gasteiger partial charge < -0.3 is 5.11 Å². The first-order valence-electron chi connectivity index (χ1n) is 5.42. The van der Waals surface area contributed by atoms with Gasteiger partial charge in [0.1, 0.15) is 0 Å². The number of aliphatic hydroxyl groups is 1. The summed E-state index contributed by atoms with van der Waals surface area (Å²) in [6, 6.07) is 6.02. The number of pyridine rings is 1. The summed E-state index contributed by atoms with van der Waals surface area (Å²) in [7, 11) is 0. The van der Waals surface area contributed by atoms with E-state index in [-0.39, 0.29) is 6.10 Å². The molecule has 2 rings (SSSR count). The number of hydrogen-bond donors (Lipinski definition) is 1. The van der Waals surface area contributed by atoms with E-state index in [9.17, 15) is 5.11 Å². The number of thiophene rings is 1. The lowest BCUT2D eigenvalue weighted by Gasteiger charge is -2.09. The molecule has 0 fully saturated rings. The molecule has 1 unspecified atom stereocenters. The normalized spacial score (nSPS) is 12.6. The van der Waals surface area contributed by atoms with Crippen LogP contribution < -0.4 is 0 Å². The van der Waals surface area contributed by atoms with Crippen molar-refractivity contribution in [2.75, 3.05) is 0 Å². The third kappa shape index (κ3) is 3.43. The van der Waals surface area contributed by atoms with Crippen LogP contribution in [0.1, 0.15) is 17.5 Å². The standard InChI is InChI=1S/C13H15NOS/c15-13(4-3-11-5-7-16-10-11)8-12-2-1-6-14-9-12/h1-2,5-7,9-10,13,15H,3-4,8H2. The van der Waals surface area contributed by atoms with Gasteiger partial charge in [-0.3, -0.25) is 4.98 Å². The Morgan fingerprint density at radius 1 is 1.31 bits per heavy atom. The number of hydrogen-bond acceptors (Lipinski definition) is 3. The molecule has 0 saturated heterocycles. The van der Waals surface area contributed by atoms with Crippen LogP contribution in [0.25, 0.3) is 0 Å². The van der Waals surface area contributed by atoms with Crippen LogP contribution >= 0.6 is 11.3 Å². The largest absolute Gasteiger partial charge is 0.393 e. The Morgan fingerprint density at radius 3 is 2.94 bits per heavy atom. The maximum absolute atomic E-state index is 9.88. The Hall–Kier alpha value is -1.19. The molecule has 0 bridgehead atoms. The summed E-state index contributed by atoms with van der Waals surface area (Å²) in [5, 5.41) is 14.1. The van der Waals surface area contributed by atoms with Crippen LogP contribution in [-0.4, -0.2) is 16.2 Å². The second-order valence-electron chi connectivity index (χ2n) is 3.89. The molecule has 0 aliphatic rings. The molecule has 0 aliphatic carbocycles. The molecule has 2 aromatic heterocycles. The molecule has 0 amide bonds. The molecule has 84 valence electrons. The van der Waals surface area contributed by atoms with Crippen molar-refractivity contribution in [3.63, 3.8) is 0 Å². The average Bonchev–Trinajstić information content (AvgIpc) is 2.81. The average molecular weight is 233 g/mol. The first-order chi connectivity index (χ1) is 7.84. The summed E-state index contributed by atoms with van der Waals surface area (Å²) in [5.41, 5.74) is 2.41. The van der Waals surface area contributed by atoms with Crippen molar-refractivity contribution < 1.29 is 5.11 Å². The molecule has 0 aliphatic heterocycles. The van der Waals surface area contributed by atoms with Crippen molar-refractivity contribution in [3.8, 4) is 0 Å². The monoisotopic (exact) mass is 233 g/mol. The SMILES string of the molecule is OC(CCc1ccsc1)Cc1cccnc1. The molecule has 0 aromatic carbocycles. The quantitative estimate of drug-likeness (QED) is 0.861. The number of rotatable bonds is 5. The van der Waals surface area contributed by atoms with Gasteiger partial charge in [-0.25, -0.2) is 0 Å². The molecular formula is C13H15NOS. The van der Waals surface area contributed by atoms with Crippen molar-refractivity contribution in [1.29, 1.82) is 0 Å². The fraction of sp³-hybridized carbons (Fsp3) is 0.308.